The topological polar surface area (TPSA) is 60.7 Å². The second kappa shape index (κ2) is 4.91. The monoisotopic (exact) mass is 248 g/mol. The smallest absolute Gasteiger partial charge is 0.229 e. The zero-order valence-corrected chi connectivity index (χ0v) is 10.2. The highest BCUT2D eigenvalue weighted by Crippen LogP contribution is 2.16. The molecule has 2 atom stereocenters. The number of nitrogens with one attached hydrogen (secondary N) is 1. The van der Waals surface area contributed by atoms with Crippen LogP contribution in [0.4, 0.5) is 5.95 Å². The number of fused-ring (bicyclic) bond motifs is 1. The average molecular weight is 248 g/mol. The fraction of sp³-hybridized carbons (Fsp3) is 0.500. The van der Waals surface area contributed by atoms with E-state index < -0.39 is 0 Å². The second-order valence-electron chi connectivity index (χ2n) is 4.23. The van der Waals surface area contributed by atoms with Gasteiger partial charge in [-0.3, -0.25) is 4.40 Å². The zero-order chi connectivity index (χ0) is 12.4. The maximum Gasteiger partial charge on any atom is 0.229 e. The van der Waals surface area contributed by atoms with E-state index in [0.717, 1.165) is 11.6 Å². The standard InChI is InChI=1S/C12H16N4O2/c1-2-18-10-8-17-7-9(10)13-12-15-14-11-5-3-4-6-16(11)12/h3-6,9-10H,2,7-8H2,1H3,(H,13,15)/t9-,10-/m0/s1. The number of hydrogen-bond acceptors (Lipinski definition) is 5. The molecule has 18 heavy (non-hydrogen) atoms. The number of hydrogen-bond donors (Lipinski definition) is 1. The molecule has 0 spiro atoms. The number of pyridine rings is 1. The number of ether oxygens (including phenoxy) is 2. The summed E-state index contributed by atoms with van der Waals surface area (Å²) in [5, 5.41) is 11.6. The molecule has 1 aliphatic heterocycles. The first-order chi connectivity index (χ1) is 8.88. The maximum absolute atomic E-state index is 5.63. The molecule has 0 aromatic carbocycles. The Labute approximate surface area is 105 Å². The maximum atomic E-state index is 5.63. The highest BCUT2D eigenvalue weighted by Gasteiger charge is 2.29. The van der Waals surface area contributed by atoms with Crippen LogP contribution in [0.2, 0.25) is 0 Å². The Morgan fingerprint density at radius 2 is 2.39 bits per heavy atom. The molecule has 0 amide bonds. The predicted octanol–water partition coefficient (Wildman–Crippen LogP) is 0.945. The predicted molar refractivity (Wildman–Crippen MR) is 66.6 cm³/mol. The summed E-state index contributed by atoms with van der Waals surface area (Å²) >= 11 is 0. The molecule has 1 saturated heterocycles. The van der Waals surface area contributed by atoms with Crippen LogP contribution in [-0.4, -0.2) is 46.6 Å². The van der Waals surface area contributed by atoms with E-state index in [0.29, 0.717) is 19.8 Å². The fourth-order valence-corrected chi connectivity index (χ4v) is 2.15. The summed E-state index contributed by atoms with van der Waals surface area (Å²) < 4.78 is 13.0. The van der Waals surface area contributed by atoms with E-state index in [9.17, 15) is 0 Å². The van der Waals surface area contributed by atoms with Gasteiger partial charge in [0, 0.05) is 12.8 Å². The first-order valence-corrected chi connectivity index (χ1v) is 6.14. The molecule has 6 nitrogen and oxygen atoms in total. The van der Waals surface area contributed by atoms with Crippen molar-refractivity contribution in [1.29, 1.82) is 0 Å². The lowest BCUT2D eigenvalue weighted by molar-refractivity contribution is 0.0477. The van der Waals surface area contributed by atoms with Gasteiger partial charge in [-0.15, -0.1) is 10.2 Å². The first-order valence-electron chi connectivity index (χ1n) is 6.14. The van der Waals surface area contributed by atoms with E-state index in [1.54, 1.807) is 0 Å². The first kappa shape index (κ1) is 11.4. The largest absolute Gasteiger partial charge is 0.376 e. The average Bonchev–Trinajstić information content (AvgIpc) is 2.99. The Kier molecular flexibility index (Phi) is 3.12. The molecular formula is C12H16N4O2. The van der Waals surface area contributed by atoms with Gasteiger partial charge >= 0.3 is 0 Å². The van der Waals surface area contributed by atoms with Crippen molar-refractivity contribution < 1.29 is 9.47 Å². The van der Waals surface area contributed by atoms with Crippen LogP contribution in [0.5, 0.6) is 0 Å². The fourth-order valence-electron chi connectivity index (χ4n) is 2.15. The quantitative estimate of drug-likeness (QED) is 0.872. The van der Waals surface area contributed by atoms with Gasteiger partial charge < -0.3 is 14.8 Å². The molecule has 2 aromatic heterocycles. The third-order valence-corrected chi connectivity index (χ3v) is 3.04. The third kappa shape index (κ3) is 2.04. The summed E-state index contributed by atoms with van der Waals surface area (Å²) in [6, 6.07) is 5.93. The van der Waals surface area contributed by atoms with Crippen molar-refractivity contribution in [3.05, 3.63) is 24.4 Å². The van der Waals surface area contributed by atoms with Crippen LogP contribution in [0.25, 0.3) is 5.65 Å². The Balaban J connectivity index is 1.79. The van der Waals surface area contributed by atoms with Crippen molar-refractivity contribution in [2.24, 2.45) is 0 Å². The lowest BCUT2D eigenvalue weighted by Gasteiger charge is -2.18. The van der Waals surface area contributed by atoms with Crippen LogP contribution in [0, 0.1) is 0 Å². The minimum absolute atomic E-state index is 0.0751. The summed E-state index contributed by atoms with van der Waals surface area (Å²) in [4.78, 5) is 0. The SMILES string of the molecule is CCO[C@H]1COC[C@@H]1Nc1nnc2ccccn12. The Bertz CT molecular complexity index is 528. The van der Waals surface area contributed by atoms with Crippen LogP contribution in [0.15, 0.2) is 24.4 Å². The molecule has 3 rings (SSSR count). The van der Waals surface area contributed by atoms with Gasteiger partial charge in [0.1, 0.15) is 6.10 Å². The van der Waals surface area contributed by atoms with Crippen LogP contribution in [0.1, 0.15) is 6.92 Å². The van der Waals surface area contributed by atoms with Crippen molar-refractivity contribution in [3.8, 4) is 0 Å². The van der Waals surface area contributed by atoms with Crippen LogP contribution in [-0.2, 0) is 9.47 Å². The Hall–Kier alpha value is -1.66. The van der Waals surface area contributed by atoms with Crippen molar-refractivity contribution in [2.45, 2.75) is 19.1 Å². The molecule has 0 unspecified atom stereocenters. The summed E-state index contributed by atoms with van der Waals surface area (Å²) in [5.41, 5.74) is 0.826. The van der Waals surface area contributed by atoms with Gasteiger partial charge in [0.2, 0.25) is 5.95 Å². The molecule has 2 aromatic rings. The normalized spacial score (nSPS) is 23.6. The number of aromatic nitrogens is 3. The zero-order valence-electron chi connectivity index (χ0n) is 10.2. The summed E-state index contributed by atoms with van der Waals surface area (Å²) in [5.74, 6) is 0.728. The third-order valence-electron chi connectivity index (χ3n) is 3.04. The van der Waals surface area contributed by atoms with Gasteiger partial charge in [-0.05, 0) is 19.1 Å². The highest BCUT2D eigenvalue weighted by molar-refractivity contribution is 5.45. The Morgan fingerprint density at radius 1 is 1.44 bits per heavy atom. The second-order valence-corrected chi connectivity index (χ2v) is 4.23. The number of rotatable bonds is 4. The van der Waals surface area contributed by atoms with E-state index >= 15 is 0 Å². The van der Waals surface area contributed by atoms with Gasteiger partial charge in [0.25, 0.3) is 0 Å². The van der Waals surface area contributed by atoms with Gasteiger partial charge in [-0.1, -0.05) is 6.07 Å². The van der Waals surface area contributed by atoms with Crippen molar-refractivity contribution >= 4 is 11.6 Å². The summed E-state index contributed by atoms with van der Waals surface area (Å²) in [6.07, 6.45) is 2.01. The van der Waals surface area contributed by atoms with Crippen molar-refractivity contribution in [3.63, 3.8) is 0 Å². The van der Waals surface area contributed by atoms with Gasteiger partial charge in [-0.2, -0.15) is 0 Å². The van der Waals surface area contributed by atoms with Crippen LogP contribution >= 0.6 is 0 Å². The number of anilines is 1. The molecule has 1 fully saturated rings. The molecule has 0 bridgehead atoms. The molecular weight excluding hydrogens is 232 g/mol. The minimum Gasteiger partial charge on any atom is -0.376 e. The van der Waals surface area contributed by atoms with E-state index in [-0.39, 0.29) is 12.1 Å². The lowest BCUT2D eigenvalue weighted by atomic mass is 10.2. The molecule has 96 valence electrons. The molecule has 1 N–H and O–H groups in total. The molecule has 1 aliphatic rings. The van der Waals surface area contributed by atoms with Gasteiger partial charge in [0.15, 0.2) is 5.65 Å². The molecule has 3 heterocycles. The molecule has 6 heteroatoms. The van der Waals surface area contributed by atoms with Crippen molar-refractivity contribution in [2.75, 3.05) is 25.1 Å². The summed E-state index contributed by atoms with van der Waals surface area (Å²) in [7, 11) is 0. The van der Waals surface area contributed by atoms with Crippen LogP contribution in [0.3, 0.4) is 0 Å². The molecule has 0 saturated carbocycles. The molecule has 0 aliphatic carbocycles. The van der Waals surface area contributed by atoms with Gasteiger partial charge in [-0.25, -0.2) is 0 Å². The highest BCUT2D eigenvalue weighted by atomic mass is 16.5. The Morgan fingerprint density at radius 3 is 3.28 bits per heavy atom. The van der Waals surface area contributed by atoms with E-state index in [1.165, 1.54) is 0 Å². The van der Waals surface area contributed by atoms with Crippen molar-refractivity contribution in [1.82, 2.24) is 14.6 Å². The lowest BCUT2D eigenvalue weighted by Crippen LogP contribution is -2.35. The van der Waals surface area contributed by atoms with E-state index in [4.69, 9.17) is 9.47 Å². The summed E-state index contributed by atoms with van der Waals surface area (Å²) in [6.45, 7) is 3.93. The minimum atomic E-state index is 0.0751. The van der Waals surface area contributed by atoms with Crippen LogP contribution < -0.4 is 5.32 Å². The number of nitrogens with zero attached hydrogens (tertiary/aromatic N) is 3. The van der Waals surface area contributed by atoms with E-state index in [2.05, 4.69) is 15.5 Å². The molecule has 0 radical (unpaired) electrons. The van der Waals surface area contributed by atoms with Gasteiger partial charge in [0.05, 0.1) is 19.3 Å². The van der Waals surface area contributed by atoms with E-state index in [1.807, 2.05) is 35.7 Å².